The van der Waals surface area contributed by atoms with Crippen molar-refractivity contribution in [2.24, 2.45) is 5.10 Å². The van der Waals surface area contributed by atoms with Crippen LogP contribution in [0.25, 0.3) is 10.9 Å². The molecule has 1 heterocycles. The molecule has 5 rings (SSSR count). The normalized spacial score (nSPS) is 13.9. The first kappa shape index (κ1) is 31.2. The van der Waals surface area contributed by atoms with Crippen molar-refractivity contribution in [3.8, 4) is 11.5 Å². The first-order chi connectivity index (χ1) is 20.8. The topological polar surface area (TPSA) is 94.8 Å². The number of anilines is 1. The molecule has 43 heavy (non-hydrogen) atoms. The Morgan fingerprint density at radius 2 is 1.93 bits per heavy atom. The van der Waals surface area contributed by atoms with Gasteiger partial charge in [0.05, 0.1) is 29.4 Å². The average molecular weight is 735 g/mol. The van der Waals surface area contributed by atoms with E-state index in [4.69, 9.17) is 26.1 Å². The number of benzene rings is 3. The lowest BCUT2D eigenvalue weighted by atomic mass is 9.88. The second-order valence-corrected chi connectivity index (χ2v) is 12.1. The van der Waals surface area contributed by atoms with E-state index in [-0.39, 0.29) is 33.7 Å². The van der Waals surface area contributed by atoms with Crippen molar-refractivity contribution in [2.45, 2.75) is 44.9 Å². The fourth-order valence-corrected chi connectivity index (χ4v) is 6.02. The van der Waals surface area contributed by atoms with E-state index in [1.54, 1.807) is 25.1 Å². The maximum Gasteiger partial charge on any atom is 0.282 e. The SMILES string of the molecule is CCOc1cc(C=Nn2c(C3CCCCC3)nc3ccc(Br)cc3c2=O)c(Br)c(Cl)c1OCC(=O)Nc1ccccc1F. The van der Waals surface area contributed by atoms with Crippen molar-refractivity contribution in [3.63, 3.8) is 0 Å². The molecule has 1 aromatic heterocycles. The van der Waals surface area contributed by atoms with E-state index < -0.39 is 18.3 Å². The lowest BCUT2D eigenvalue weighted by Gasteiger charge is -2.23. The number of carbonyl (C=O) groups is 1. The van der Waals surface area contributed by atoms with Crippen molar-refractivity contribution in [1.82, 2.24) is 9.66 Å². The maximum atomic E-state index is 13.9. The number of rotatable bonds is 9. The van der Waals surface area contributed by atoms with Crippen LogP contribution in [0.1, 0.15) is 56.3 Å². The summed E-state index contributed by atoms with van der Waals surface area (Å²) < 4.78 is 28.0. The fraction of sp³-hybridized carbons (Fsp3) is 0.290. The number of amides is 1. The van der Waals surface area contributed by atoms with Crippen molar-refractivity contribution in [1.29, 1.82) is 0 Å². The second kappa shape index (κ2) is 14.0. The van der Waals surface area contributed by atoms with Crippen LogP contribution in [-0.4, -0.2) is 35.0 Å². The van der Waals surface area contributed by atoms with Crippen molar-refractivity contribution >= 4 is 72.2 Å². The number of nitrogens with one attached hydrogen (secondary N) is 1. The monoisotopic (exact) mass is 732 g/mol. The number of ether oxygens (including phenoxy) is 2. The zero-order valence-electron chi connectivity index (χ0n) is 23.2. The highest BCUT2D eigenvalue weighted by atomic mass is 79.9. The Morgan fingerprint density at radius 3 is 2.67 bits per heavy atom. The van der Waals surface area contributed by atoms with Gasteiger partial charge in [0.15, 0.2) is 18.1 Å². The van der Waals surface area contributed by atoms with E-state index in [9.17, 15) is 14.0 Å². The minimum absolute atomic E-state index is 0.0401. The summed E-state index contributed by atoms with van der Waals surface area (Å²) in [5.41, 5.74) is 0.922. The Bertz CT molecular complexity index is 1760. The standard InChI is InChI=1S/C31H28Br2ClFN4O4/c1-2-42-25-14-19(27(33)28(34)29(25)43-17-26(40)37-24-11-7-6-10-22(24)35)16-36-39-30(18-8-4-3-5-9-18)38-23-13-12-20(32)15-21(23)31(39)41/h6-7,10-16,18H,2-5,8-9,17H2,1H3,(H,37,40). The summed E-state index contributed by atoms with van der Waals surface area (Å²) in [6.07, 6.45) is 6.69. The van der Waals surface area contributed by atoms with Crippen LogP contribution in [0.4, 0.5) is 10.1 Å². The van der Waals surface area contributed by atoms with E-state index in [2.05, 4.69) is 42.3 Å². The third kappa shape index (κ3) is 7.11. The predicted molar refractivity (Wildman–Crippen MR) is 173 cm³/mol. The van der Waals surface area contributed by atoms with Gasteiger partial charge in [0.2, 0.25) is 0 Å². The number of hydrogen-bond acceptors (Lipinski definition) is 6. The Labute approximate surface area is 269 Å². The largest absolute Gasteiger partial charge is 0.490 e. The van der Waals surface area contributed by atoms with Crippen LogP contribution in [0.5, 0.6) is 11.5 Å². The second-order valence-electron chi connectivity index (χ2n) is 10.00. The van der Waals surface area contributed by atoms with Gasteiger partial charge in [-0.15, -0.1) is 0 Å². The van der Waals surface area contributed by atoms with Gasteiger partial charge in [-0.3, -0.25) is 9.59 Å². The Hall–Kier alpha value is -3.28. The Kier molecular flexibility index (Phi) is 10.1. The summed E-state index contributed by atoms with van der Waals surface area (Å²) in [7, 11) is 0. The molecule has 1 aliphatic rings. The summed E-state index contributed by atoms with van der Waals surface area (Å²) in [4.78, 5) is 31.0. The summed E-state index contributed by atoms with van der Waals surface area (Å²) in [6.45, 7) is 1.65. The molecule has 0 spiro atoms. The van der Waals surface area contributed by atoms with Crippen LogP contribution >= 0.6 is 43.5 Å². The number of fused-ring (bicyclic) bond motifs is 1. The third-order valence-corrected chi connectivity index (χ3v) is 9.00. The molecule has 3 aromatic carbocycles. The maximum absolute atomic E-state index is 13.9. The summed E-state index contributed by atoms with van der Waals surface area (Å²) in [6, 6.07) is 12.9. The molecule has 0 atom stereocenters. The number of hydrogen-bond donors (Lipinski definition) is 1. The molecule has 0 bridgehead atoms. The molecule has 0 unspecified atom stereocenters. The van der Waals surface area contributed by atoms with Crippen LogP contribution in [0.2, 0.25) is 5.02 Å². The highest BCUT2D eigenvalue weighted by Crippen LogP contribution is 2.42. The zero-order valence-corrected chi connectivity index (χ0v) is 27.1. The fourth-order valence-electron chi connectivity index (χ4n) is 5.00. The summed E-state index contributed by atoms with van der Waals surface area (Å²) in [5.74, 6) is 0.0169. The van der Waals surface area contributed by atoms with Crippen molar-refractivity contribution < 1.29 is 18.7 Å². The first-order valence-electron chi connectivity index (χ1n) is 13.8. The van der Waals surface area contributed by atoms with Gasteiger partial charge < -0.3 is 14.8 Å². The van der Waals surface area contributed by atoms with Gasteiger partial charge in [0, 0.05) is 20.4 Å². The molecular weight excluding hydrogens is 707 g/mol. The quantitative estimate of drug-likeness (QED) is 0.176. The minimum atomic E-state index is -0.574. The van der Waals surface area contributed by atoms with Gasteiger partial charge in [-0.25, -0.2) is 9.37 Å². The van der Waals surface area contributed by atoms with Crippen molar-refractivity contribution in [2.75, 3.05) is 18.5 Å². The van der Waals surface area contributed by atoms with Crippen molar-refractivity contribution in [3.05, 3.63) is 90.1 Å². The van der Waals surface area contributed by atoms with Gasteiger partial charge in [-0.1, -0.05) is 58.9 Å². The lowest BCUT2D eigenvalue weighted by molar-refractivity contribution is -0.118. The zero-order chi connectivity index (χ0) is 30.5. The summed E-state index contributed by atoms with van der Waals surface area (Å²) >= 11 is 13.6. The molecule has 1 saturated carbocycles. The lowest BCUT2D eigenvalue weighted by Crippen LogP contribution is -2.25. The molecule has 0 aliphatic heterocycles. The van der Waals surface area contributed by atoms with Gasteiger partial charge >= 0.3 is 0 Å². The minimum Gasteiger partial charge on any atom is -0.490 e. The van der Waals surface area contributed by atoms with E-state index in [1.165, 1.54) is 29.1 Å². The van der Waals surface area contributed by atoms with E-state index >= 15 is 0 Å². The number of halogens is 4. The van der Waals surface area contributed by atoms with E-state index in [0.29, 0.717) is 33.4 Å². The Balaban J connectivity index is 1.48. The molecule has 1 fully saturated rings. The van der Waals surface area contributed by atoms with E-state index in [0.717, 1.165) is 36.6 Å². The van der Waals surface area contributed by atoms with Crippen LogP contribution < -0.4 is 20.3 Å². The summed E-state index contributed by atoms with van der Waals surface area (Å²) in [5, 5.41) is 7.68. The van der Waals surface area contributed by atoms with Crippen LogP contribution in [0.15, 0.2) is 67.4 Å². The molecule has 1 amide bonds. The first-order valence-corrected chi connectivity index (χ1v) is 15.8. The molecule has 12 heteroatoms. The predicted octanol–water partition coefficient (Wildman–Crippen LogP) is 8.06. The highest BCUT2D eigenvalue weighted by Gasteiger charge is 2.23. The molecule has 224 valence electrons. The van der Waals surface area contributed by atoms with Crippen LogP contribution in [0, 0.1) is 5.82 Å². The molecule has 1 aliphatic carbocycles. The molecule has 0 radical (unpaired) electrons. The van der Waals surface area contributed by atoms with Gasteiger partial charge in [0.1, 0.15) is 16.7 Å². The average Bonchev–Trinajstić information content (AvgIpc) is 3.00. The molecule has 4 aromatic rings. The van der Waals surface area contributed by atoms with E-state index in [1.807, 2.05) is 12.1 Å². The Morgan fingerprint density at radius 1 is 1.16 bits per heavy atom. The molecule has 8 nitrogen and oxygen atoms in total. The number of aromatic nitrogens is 2. The molecule has 0 saturated heterocycles. The van der Waals surface area contributed by atoms with Crippen LogP contribution in [-0.2, 0) is 4.79 Å². The smallest absolute Gasteiger partial charge is 0.282 e. The molecular formula is C31H28Br2ClFN4O4. The number of para-hydroxylation sites is 1. The number of carbonyl (C=O) groups excluding carboxylic acids is 1. The van der Waals surface area contributed by atoms with Crippen LogP contribution in [0.3, 0.4) is 0 Å². The van der Waals surface area contributed by atoms with Gasteiger partial charge in [-0.05, 0) is 72.1 Å². The third-order valence-electron chi connectivity index (χ3n) is 7.07. The van der Waals surface area contributed by atoms with Gasteiger partial charge in [-0.2, -0.15) is 9.78 Å². The molecule has 1 N–H and O–H groups in total. The van der Waals surface area contributed by atoms with Gasteiger partial charge in [0.25, 0.3) is 11.5 Å². The number of nitrogens with zero attached hydrogens (tertiary/aromatic N) is 3. The highest BCUT2D eigenvalue weighted by molar-refractivity contribution is 9.10.